The fourth-order valence-electron chi connectivity index (χ4n) is 2.75. The molecule has 126 valence electrons. The molecule has 4 rings (SSSR count). The molecular weight excluding hydrogens is 320 g/mol. The average Bonchev–Trinajstić information content (AvgIpc) is 3.12. The lowest BCUT2D eigenvalue weighted by Crippen LogP contribution is -1.78. The molecular formula is C23H18N2O. The molecule has 1 aromatic heterocycles. The number of hydrogen-bond acceptors (Lipinski definition) is 3. The number of aryl methyl sites for hydroxylation is 1. The first-order valence-electron chi connectivity index (χ1n) is 8.52. The van der Waals surface area contributed by atoms with Crippen LogP contribution in [-0.4, -0.2) is 11.2 Å². The van der Waals surface area contributed by atoms with Gasteiger partial charge in [-0.3, -0.25) is 4.99 Å². The molecule has 0 aliphatic carbocycles. The van der Waals surface area contributed by atoms with E-state index in [4.69, 9.17) is 4.42 Å². The highest BCUT2D eigenvalue weighted by atomic mass is 16.3. The van der Waals surface area contributed by atoms with Gasteiger partial charge in [-0.2, -0.15) is 0 Å². The molecule has 0 N–H and O–H groups in total. The maximum absolute atomic E-state index is 5.86. The van der Waals surface area contributed by atoms with Gasteiger partial charge in [-0.1, -0.05) is 48.5 Å². The molecule has 0 aliphatic rings. The smallest absolute Gasteiger partial charge is 0.227 e. The Balaban J connectivity index is 1.50. The minimum Gasteiger partial charge on any atom is -0.436 e. The average molecular weight is 338 g/mol. The summed E-state index contributed by atoms with van der Waals surface area (Å²) in [5.74, 6) is 0.633. The van der Waals surface area contributed by atoms with E-state index < -0.39 is 0 Å². The minimum absolute atomic E-state index is 0.633. The van der Waals surface area contributed by atoms with E-state index in [2.05, 4.69) is 22.1 Å². The lowest BCUT2D eigenvalue weighted by atomic mass is 10.2. The van der Waals surface area contributed by atoms with Crippen LogP contribution in [0.1, 0.15) is 11.1 Å². The van der Waals surface area contributed by atoms with Gasteiger partial charge in [0.1, 0.15) is 5.52 Å². The molecule has 26 heavy (non-hydrogen) atoms. The first kappa shape index (κ1) is 16.0. The molecule has 1 heterocycles. The predicted molar refractivity (Wildman–Crippen MR) is 108 cm³/mol. The summed E-state index contributed by atoms with van der Waals surface area (Å²) in [6.45, 7) is 2.04. The molecule has 0 unspecified atom stereocenters. The molecule has 3 aromatic carbocycles. The molecule has 0 spiro atoms. The summed E-state index contributed by atoms with van der Waals surface area (Å²) in [6, 6.07) is 24.0. The predicted octanol–water partition coefficient (Wildman–Crippen LogP) is 6.22. The fraction of sp³-hybridized carbons (Fsp3) is 0.0435. The number of hydrogen-bond donors (Lipinski definition) is 0. The van der Waals surface area contributed by atoms with Crippen molar-refractivity contribution < 1.29 is 4.42 Å². The molecule has 4 aromatic rings. The minimum atomic E-state index is 0.633. The van der Waals surface area contributed by atoms with Crippen molar-refractivity contribution in [2.75, 3.05) is 0 Å². The number of allylic oxidation sites excluding steroid dienone is 1. The molecule has 0 saturated carbocycles. The van der Waals surface area contributed by atoms with Crippen LogP contribution in [0.2, 0.25) is 0 Å². The van der Waals surface area contributed by atoms with E-state index >= 15 is 0 Å². The van der Waals surface area contributed by atoms with Gasteiger partial charge < -0.3 is 4.42 Å². The van der Waals surface area contributed by atoms with Crippen LogP contribution in [0.4, 0.5) is 5.69 Å². The lowest BCUT2D eigenvalue weighted by Gasteiger charge is -1.96. The van der Waals surface area contributed by atoms with Crippen molar-refractivity contribution in [3.63, 3.8) is 0 Å². The second kappa shape index (κ2) is 7.19. The topological polar surface area (TPSA) is 38.4 Å². The second-order valence-electron chi connectivity index (χ2n) is 6.04. The zero-order valence-electron chi connectivity index (χ0n) is 14.5. The lowest BCUT2D eigenvalue weighted by molar-refractivity contribution is 0.620. The van der Waals surface area contributed by atoms with E-state index in [-0.39, 0.29) is 0 Å². The summed E-state index contributed by atoms with van der Waals surface area (Å²) >= 11 is 0. The molecule has 0 atom stereocenters. The Hall–Kier alpha value is -3.46. The van der Waals surface area contributed by atoms with E-state index in [1.165, 1.54) is 0 Å². The van der Waals surface area contributed by atoms with Crippen LogP contribution in [0.25, 0.3) is 28.6 Å². The van der Waals surface area contributed by atoms with Crippen LogP contribution in [-0.2, 0) is 0 Å². The Bertz CT molecular complexity index is 1070. The largest absolute Gasteiger partial charge is 0.436 e. The molecule has 0 bridgehead atoms. The van der Waals surface area contributed by atoms with Gasteiger partial charge in [0.15, 0.2) is 5.58 Å². The maximum Gasteiger partial charge on any atom is 0.227 e. The highest BCUT2D eigenvalue weighted by Gasteiger charge is 2.09. The monoisotopic (exact) mass is 338 g/mol. The number of oxazole rings is 1. The van der Waals surface area contributed by atoms with Gasteiger partial charge in [-0.15, -0.1) is 0 Å². The number of rotatable bonds is 4. The number of para-hydroxylation sites is 1. The van der Waals surface area contributed by atoms with E-state index in [1.54, 1.807) is 6.21 Å². The van der Waals surface area contributed by atoms with Crippen molar-refractivity contribution in [1.29, 1.82) is 0 Å². The van der Waals surface area contributed by atoms with Gasteiger partial charge in [0.25, 0.3) is 0 Å². The van der Waals surface area contributed by atoms with Crippen molar-refractivity contribution >= 4 is 29.1 Å². The highest BCUT2D eigenvalue weighted by molar-refractivity contribution is 5.81. The van der Waals surface area contributed by atoms with E-state index in [0.29, 0.717) is 5.89 Å². The third-order valence-electron chi connectivity index (χ3n) is 4.13. The molecule has 3 heteroatoms. The third-order valence-corrected chi connectivity index (χ3v) is 4.13. The molecule has 0 saturated heterocycles. The number of aromatic nitrogens is 1. The summed E-state index contributed by atoms with van der Waals surface area (Å²) < 4.78 is 5.86. The van der Waals surface area contributed by atoms with Gasteiger partial charge in [0.2, 0.25) is 5.89 Å². The Kier molecular flexibility index (Phi) is 4.44. The van der Waals surface area contributed by atoms with Crippen molar-refractivity contribution in [2.45, 2.75) is 6.92 Å². The zero-order valence-corrected chi connectivity index (χ0v) is 14.5. The first-order valence-corrected chi connectivity index (χ1v) is 8.52. The number of aliphatic imine (C=N–C) groups is 1. The molecule has 0 amide bonds. The van der Waals surface area contributed by atoms with E-state index in [0.717, 1.165) is 33.5 Å². The highest BCUT2D eigenvalue weighted by Crippen LogP contribution is 2.27. The number of benzene rings is 3. The van der Waals surface area contributed by atoms with E-state index in [9.17, 15) is 0 Å². The maximum atomic E-state index is 5.86. The fourth-order valence-corrected chi connectivity index (χ4v) is 2.75. The van der Waals surface area contributed by atoms with Crippen LogP contribution < -0.4 is 0 Å². The molecule has 0 fully saturated rings. The SMILES string of the molecule is Cc1cccc2oc(-c3ccc(N=CC=Cc4ccccc4)cc3)nc12. The van der Waals surface area contributed by atoms with Gasteiger partial charge in [-0.05, 0) is 54.5 Å². The number of fused-ring (bicyclic) bond motifs is 1. The Morgan fingerprint density at radius 2 is 1.69 bits per heavy atom. The van der Waals surface area contributed by atoms with Crippen LogP contribution in [0.15, 0.2) is 88.3 Å². The summed E-state index contributed by atoms with van der Waals surface area (Å²) in [5, 5.41) is 0. The van der Waals surface area contributed by atoms with Crippen molar-refractivity contribution in [1.82, 2.24) is 4.98 Å². The summed E-state index contributed by atoms with van der Waals surface area (Å²) in [7, 11) is 0. The number of nitrogens with zero attached hydrogens (tertiary/aromatic N) is 2. The van der Waals surface area contributed by atoms with Gasteiger partial charge >= 0.3 is 0 Å². The Labute approximate surface area is 152 Å². The van der Waals surface area contributed by atoms with Gasteiger partial charge in [0.05, 0.1) is 5.69 Å². The molecule has 0 aliphatic heterocycles. The Morgan fingerprint density at radius 3 is 2.46 bits per heavy atom. The van der Waals surface area contributed by atoms with Gasteiger partial charge in [0, 0.05) is 11.8 Å². The zero-order chi connectivity index (χ0) is 17.8. The molecule has 3 nitrogen and oxygen atoms in total. The van der Waals surface area contributed by atoms with Crippen molar-refractivity contribution in [3.8, 4) is 11.5 Å². The van der Waals surface area contributed by atoms with Crippen LogP contribution >= 0.6 is 0 Å². The summed E-state index contributed by atoms with van der Waals surface area (Å²) in [4.78, 5) is 9.06. The first-order chi connectivity index (χ1) is 12.8. The van der Waals surface area contributed by atoms with E-state index in [1.807, 2.05) is 79.7 Å². The molecule has 0 radical (unpaired) electrons. The summed E-state index contributed by atoms with van der Waals surface area (Å²) in [5.41, 5.74) is 5.83. The second-order valence-corrected chi connectivity index (χ2v) is 6.04. The van der Waals surface area contributed by atoms with Crippen LogP contribution in [0.5, 0.6) is 0 Å². The quantitative estimate of drug-likeness (QED) is 0.414. The van der Waals surface area contributed by atoms with Crippen molar-refractivity contribution in [2.24, 2.45) is 4.99 Å². The standard InChI is InChI=1S/C23H18N2O/c1-17-7-5-11-21-22(17)25-23(26-21)19-12-14-20(15-13-19)24-16-6-10-18-8-3-2-4-9-18/h2-16H,1H3. The third kappa shape index (κ3) is 3.47. The van der Waals surface area contributed by atoms with Crippen molar-refractivity contribution in [3.05, 3.63) is 90.0 Å². The summed E-state index contributed by atoms with van der Waals surface area (Å²) in [6.07, 6.45) is 5.76. The van der Waals surface area contributed by atoms with Crippen LogP contribution in [0, 0.1) is 6.92 Å². The van der Waals surface area contributed by atoms with Crippen LogP contribution in [0.3, 0.4) is 0 Å². The normalized spacial score (nSPS) is 11.7. The Morgan fingerprint density at radius 1 is 0.885 bits per heavy atom. The van der Waals surface area contributed by atoms with Gasteiger partial charge in [-0.25, -0.2) is 4.98 Å².